The normalized spacial score (nSPS) is 14.4. The second-order valence-corrected chi connectivity index (χ2v) is 7.98. The first-order chi connectivity index (χ1) is 16.1. The number of anilines is 2. The molecule has 178 valence electrons. The van der Waals surface area contributed by atoms with E-state index in [9.17, 15) is 4.39 Å². The molecule has 33 heavy (non-hydrogen) atoms. The van der Waals surface area contributed by atoms with Crippen molar-refractivity contribution in [3.8, 4) is 5.75 Å². The third kappa shape index (κ3) is 7.58. The lowest BCUT2D eigenvalue weighted by atomic mass is 9.97. The summed E-state index contributed by atoms with van der Waals surface area (Å²) in [4.78, 5) is 4.31. The minimum atomic E-state index is -0.450. The molecule has 0 amide bonds. The zero-order valence-corrected chi connectivity index (χ0v) is 19.5. The van der Waals surface area contributed by atoms with Crippen molar-refractivity contribution in [2.75, 3.05) is 50.7 Å². The van der Waals surface area contributed by atoms with Crippen LogP contribution in [0, 0.1) is 11.7 Å². The highest BCUT2D eigenvalue weighted by molar-refractivity contribution is 5.83. The molecule has 2 aromatic carbocycles. The second kappa shape index (κ2) is 13.0. The maximum absolute atomic E-state index is 14.9. The van der Waals surface area contributed by atoms with E-state index in [0.717, 1.165) is 56.3 Å². The van der Waals surface area contributed by atoms with E-state index in [0.29, 0.717) is 35.9 Å². The van der Waals surface area contributed by atoms with Crippen molar-refractivity contribution in [2.24, 2.45) is 10.9 Å². The molecule has 1 aliphatic rings. The average molecular weight is 456 g/mol. The van der Waals surface area contributed by atoms with Crippen molar-refractivity contribution in [1.29, 1.82) is 0 Å². The van der Waals surface area contributed by atoms with Crippen LogP contribution in [0.5, 0.6) is 5.75 Å². The Hall–Kier alpha value is -2.90. The SMILES string of the molecule is C=C(Nc1ccc(NCCC2CCOCC2)cc1)c1c(F)cc(OCCOC)cc1N=CC. The first-order valence-electron chi connectivity index (χ1n) is 11.4. The molecule has 0 aromatic heterocycles. The standard InChI is InChI=1S/C26H34FN3O3/c1-4-28-25-18-23(33-16-15-31-3)17-24(27)26(25)19(2)30-22-7-5-21(6-8-22)29-12-9-20-10-13-32-14-11-20/h4-8,17-18,20,29-30H,2,9-16H2,1,3H3. The second-order valence-electron chi connectivity index (χ2n) is 7.98. The summed E-state index contributed by atoms with van der Waals surface area (Å²) in [7, 11) is 1.59. The number of ether oxygens (including phenoxy) is 3. The van der Waals surface area contributed by atoms with Crippen molar-refractivity contribution in [3.63, 3.8) is 0 Å². The monoisotopic (exact) mass is 455 g/mol. The van der Waals surface area contributed by atoms with Gasteiger partial charge >= 0.3 is 0 Å². The molecule has 0 unspecified atom stereocenters. The maximum atomic E-state index is 14.9. The lowest BCUT2D eigenvalue weighted by Gasteiger charge is -2.22. The van der Waals surface area contributed by atoms with Gasteiger partial charge in [0.25, 0.3) is 0 Å². The third-order valence-corrected chi connectivity index (χ3v) is 5.57. The first kappa shape index (κ1) is 24.7. The van der Waals surface area contributed by atoms with Gasteiger partial charge in [-0.3, -0.25) is 4.99 Å². The van der Waals surface area contributed by atoms with Gasteiger partial charge in [-0.05, 0) is 56.4 Å². The molecule has 0 bridgehead atoms. The zero-order chi connectivity index (χ0) is 23.5. The fourth-order valence-electron chi connectivity index (χ4n) is 3.80. The average Bonchev–Trinajstić information content (AvgIpc) is 2.81. The summed E-state index contributed by atoms with van der Waals surface area (Å²) >= 11 is 0. The minimum absolute atomic E-state index is 0.311. The quantitative estimate of drug-likeness (QED) is 0.309. The van der Waals surface area contributed by atoms with E-state index in [4.69, 9.17) is 14.2 Å². The van der Waals surface area contributed by atoms with Crippen molar-refractivity contribution in [2.45, 2.75) is 26.2 Å². The molecular formula is C26H34FN3O3. The Morgan fingerprint density at radius 3 is 2.61 bits per heavy atom. The van der Waals surface area contributed by atoms with Gasteiger partial charge < -0.3 is 24.8 Å². The molecule has 1 aliphatic heterocycles. The Bertz CT molecular complexity index is 925. The predicted molar refractivity (Wildman–Crippen MR) is 133 cm³/mol. The van der Waals surface area contributed by atoms with Gasteiger partial charge in [-0.2, -0.15) is 0 Å². The number of rotatable bonds is 12. The molecule has 1 heterocycles. The highest BCUT2D eigenvalue weighted by atomic mass is 19.1. The van der Waals surface area contributed by atoms with Crippen LogP contribution < -0.4 is 15.4 Å². The van der Waals surface area contributed by atoms with E-state index < -0.39 is 5.82 Å². The number of hydrogen-bond acceptors (Lipinski definition) is 6. The van der Waals surface area contributed by atoms with Crippen molar-refractivity contribution in [1.82, 2.24) is 0 Å². The Morgan fingerprint density at radius 1 is 1.18 bits per heavy atom. The van der Waals surface area contributed by atoms with Gasteiger partial charge in [0.1, 0.15) is 18.2 Å². The number of benzene rings is 2. The maximum Gasteiger partial charge on any atom is 0.138 e. The number of hydrogen-bond donors (Lipinski definition) is 2. The number of methoxy groups -OCH3 is 1. The van der Waals surface area contributed by atoms with Gasteiger partial charge in [0.05, 0.1) is 17.9 Å². The van der Waals surface area contributed by atoms with Gasteiger partial charge in [-0.25, -0.2) is 4.39 Å². The molecule has 0 radical (unpaired) electrons. The minimum Gasteiger partial charge on any atom is -0.491 e. The summed E-state index contributed by atoms with van der Waals surface area (Å²) in [6, 6.07) is 11.0. The van der Waals surface area contributed by atoms with Crippen LogP contribution in [0.4, 0.5) is 21.5 Å². The molecule has 2 N–H and O–H groups in total. The van der Waals surface area contributed by atoms with Gasteiger partial charge in [0, 0.05) is 62.3 Å². The lowest BCUT2D eigenvalue weighted by Crippen LogP contribution is -2.18. The third-order valence-electron chi connectivity index (χ3n) is 5.57. The molecule has 2 aromatic rings. The fraction of sp³-hybridized carbons (Fsp3) is 0.423. The van der Waals surface area contributed by atoms with Crippen molar-refractivity contribution < 1.29 is 18.6 Å². The number of nitrogens with zero attached hydrogens (tertiary/aromatic N) is 1. The molecule has 0 aliphatic carbocycles. The van der Waals surface area contributed by atoms with E-state index in [1.54, 1.807) is 26.3 Å². The first-order valence-corrected chi connectivity index (χ1v) is 11.4. The summed E-state index contributed by atoms with van der Waals surface area (Å²) < 4.78 is 30.9. The van der Waals surface area contributed by atoms with Crippen LogP contribution in [-0.2, 0) is 9.47 Å². The van der Waals surface area contributed by atoms with Gasteiger partial charge in [-0.1, -0.05) is 6.58 Å². The van der Waals surface area contributed by atoms with E-state index in [1.807, 2.05) is 24.3 Å². The molecule has 1 fully saturated rings. The van der Waals surface area contributed by atoms with Crippen LogP contribution in [0.3, 0.4) is 0 Å². The summed E-state index contributed by atoms with van der Waals surface area (Å²) in [6.07, 6.45) is 5.05. The lowest BCUT2D eigenvalue weighted by molar-refractivity contribution is 0.0649. The van der Waals surface area contributed by atoms with E-state index in [-0.39, 0.29) is 0 Å². The van der Waals surface area contributed by atoms with Crippen LogP contribution in [0.1, 0.15) is 31.7 Å². The van der Waals surface area contributed by atoms with Gasteiger partial charge in [0.2, 0.25) is 0 Å². The Balaban J connectivity index is 1.60. The van der Waals surface area contributed by atoms with Gasteiger partial charge in [-0.15, -0.1) is 0 Å². The molecular weight excluding hydrogens is 421 g/mol. The van der Waals surface area contributed by atoms with Crippen LogP contribution in [-0.4, -0.2) is 46.3 Å². The van der Waals surface area contributed by atoms with Crippen LogP contribution >= 0.6 is 0 Å². The molecule has 0 spiro atoms. The smallest absolute Gasteiger partial charge is 0.138 e. The van der Waals surface area contributed by atoms with Crippen LogP contribution in [0.25, 0.3) is 5.70 Å². The highest BCUT2D eigenvalue weighted by Crippen LogP contribution is 2.33. The van der Waals surface area contributed by atoms with Crippen molar-refractivity contribution in [3.05, 3.63) is 54.4 Å². The fourth-order valence-corrected chi connectivity index (χ4v) is 3.80. The largest absolute Gasteiger partial charge is 0.491 e. The molecule has 0 atom stereocenters. The molecule has 7 heteroatoms. The van der Waals surface area contributed by atoms with E-state index in [1.165, 1.54) is 6.07 Å². The van der Waals surface area contributed by atoms with Crippen molar-refractivity contribution >= 4 is 29.0 Å². The number of nitrogens with one attached hydrogen (secondary N) is 2. The zero-order valence-electron chi connectivity index (χ0n) is 19.5. The predicted octanol–water partition coefficient (Wildman–Crippen LogP) is 5.88. The topological polar surface area (TPSA) is 64.1 Å². The van der Waals surface area contributed by atoms with Gasteiger partial charge in [0.15, 0.2) is 0 Å². The molecule has 3 rings (SSSR count). The number of halogens is 1. The summed E-state index contributed by atoms with van der Waals surface area (Å²) in [5, 5.41) is 6.67. The summed E-state index contributed by atoms with van der Waals surface area (Å²) in [5.41, 5.74) is 3.07. The van der Waals surface area contributed by atoms with Crippen LogP contribution in [0.15, 0.2) is 48.0 Å². The number of aliphatic imine (C=N–C) groups is 1. The van der Waals surface area contributed by atoms with Crippen LogP contribution in [0.2, 0.25) is 0 Å². The molecule has 0 saturated carbocycles. The van der Waals surface area contributed by atoms with E-state index >= 15 is 0 Å². The Labute approximate surface area is 195 Å². The highest BCUT2D eigenvalue weighted by Gasteiger charge is 2.15. The molecule has 6 nitrogen and oxygen atoms in total. The summed E-state index contributed by atoms with van der Waals surface area (Å²) in [6.45, 7) is 9.27. The molecule has 1 saturated heterocycles. The van der Waals surface area contributed by atoms with E-state index in [2.05, 4.69) is 22.2 Å². The Morgan fingerprint density at radius 2 is 1.91 bits per heavy atom. The Kier molecular flexibility index (Phi) is 9.72. The summed E-state index contributed by atoms with van der Waals surface area (Å²) in [5.74, 6) is 0.689.